The molecule has 0 bridgehead atoms. The van der Waals surface area contributed by atoms with Gasteiger partial charge in [0.15, 0.2) is 0 Å². The van der Waals surface area contributed by atoms with E-state index < -0.39 is 0 Å². The summed E-state index contributed by atoms with van der Waals surface area (Å²) in [6.45, 7) is 3.59. The van der Waals surface area contributed by atoms with Gasteiger partial charge in [-0.15, -0.1) is 0 Å². The van der Waals surface area contributed by atoms with Gasteiger partial charge in [0, 0.05) is 31.4 Å². The van der Waals surface area contributed by atoms with Crippen molar-refractivity contribution in [1.82, 2.24) is 19.8 Å². The maximum atomic E-state index is 13.1. The van der Waals surface area contributed by atoms with Crippen LogP contribution in [0, 0.1) is 0 Å². The fourth-order valence-corrected chi connectivity index (χ4v) is 4.33. The Balaban J connectivity index is 1.31. The van der Waals surface area contributed by atoms with Gasteiger partial charge in [-0.2, -0.15) is 0 Å². The molecule has 0 spiro atoms. The molecule has 1 saturated heterocycles. The average molecular weight is 443 g/mol. The van der Waals surface area contributed by atoms with E-state index in [1.165, 1.54) is 6.26 Å². The Morgan fingerprint density at radius 1 is 1.23 bits per heavy atom. The number of methoxy groups -OCH3 is 1. The van der Waals surface area contributed by atoms with Crippen molar-refractivity contribution in [3.8, 4) is 11.5 Å². The number of piperidine rings is 1. The zero-order chi connectivity index (χ0) is 21.6. The van der Waals surface area contributed by atoms with Gasteiger partial charge in [-0.25, -0.2) is 9.97 Å². The highest BCUT2D eigenvalue weighted by molar-refractivity contribution is 6.30. The number of likely N-dealkylation sites (tertiary alicyclic amines) is 1. The number of amides is 1. The van der Waals surface area contributed by atoms with Crippen LogP contribution >= 0.6 is 11.6 Å². The Hall–Kier alpha value is -2.64. The summed E-state index contributed by atoms with van der Waals surface area (Å²) in [7, 11) is 1.57. The number of unbranched alkanes of at least 4 members (excludes halogenated alkanes) is 1. The maximum Gasteiger partial charge on any atom is 0.262 e. The fraction of sp³-hybridized carbons (Fsp3) is 0.435. The topological polar surface area (TPSA) is 67.8 Å². The van der Waals surface area contributed by atoms with E-state index in [-0.39, 0.29) is 5.91 Å². The van der Waals surface area contributed by atoms with Crippen molar-refractivity contribution < 1.29 is 14.3 Å². The molecule has 2 aliphatic rings. The molecule has 7 nitrogen and oxygen atoms in total. The Kier molecular flexibility index (Phi) is 7.04. The van der Waals surface area contributed by atoms with Gasteiger partial charge < -0.3 is 14.4 Å². The number of nitrogens with zero attached hydrogens (tertiary/aromatic N) is 4. The van der Waals surface area contributed by atoms with E-state index in [0.29, 0.717) is 34.7 Å². The lowest BCUT2D eigenvalue weighted by molar-refractivity contribution is 0.0813. The number of rotatable bonds is 7. The van der Waals surface area contributed by atoms with Gasteiger partial charge >= 0.3 is 0 Å². The molecule has 0 saturated carbocycles. The van der Waals surface area contributed by atoms with Crippen molar-refractivity contribution in [2.45, 2.75) is 31.6 Å². The minimum Gasteiger partial charge on any atom is -0.497 e. The summed E-state index contributed by atoms with van der Waals surface area (Å²) in [4.78, 5) is 25.9. The van der Waals surface area contributed by atoms with E-state index in [2.05, 4.69) is 14.9 Å². The first-order valence-corrected chi connectivity index (χ1v) is 11.0. The van der Waals surface area contributed by atoms with Crippen LogP contribution in [0.1, 0.15) is 47.8 Å². The standard InChI is InChI=1S/C23H27ClN4O3/c1-30-18-7-8-20-19(14-18)23(29)28(21(24)16-31-20)13-3-2-11-27-12-4-6-17(15-27)22-25-9-5-10-26-22/h5,7-10,14,16-17H,2-4,6,11-13,15H2,1H3. The van der Waals surface area contributed by atoms with Crippen LogP contribution in [0.4, 0.5) is 0 Å². The van der Waals surface area contributed by atoms with Crippen molar-refractivity contribution in [3.05, 3.63) is 59.5 Å². The number of hydrogen-bond acceptors (Lipinski definition) is 6. The van der Waals surface area contributed by atoms with Crippen molar-refractivity contribution in [1.29, 1.82) is 0 Å². The molecule has 0 radical (unpaired) electrons. The van der Waals surface area contributed by atoms with Crippen LogP contribution in [0.2, 0.25) is 0 Å². The van der Waals surface area contributed by atoms with Crippen LogP contribution in [0.15, 0.2) is 48.1 Å². The highest BCUT2D eigenvalue weighted by atomic mass is 35.5. The first kappa shape index (κ1) is 21.6. The summed E-state index contributed by atoms with van der Waals surface area (Å²) in [6, 6.07) is 7.02. The Bertz CT molecular complexity index is 938. The predicted molar refractivity (Wildman–Crippen MR) is 118 cm³/mol. The largest absolute Gasteiger partial charge is 0.497 e. The Morgan fingerprint density at radius 3 is 2.84 bits per heavy atom. The first-order chi connectivity index (χ1) is 15.2. The van der Waals surface area contributed by atoms with Gasteiger partial charge in [0.1, 0.15) is 28.7 Å². The lowest BCUT2D eigenvalue weighted by atomic mass is 9.97. The van der Waals surface area contributed by atoms with Crippen LogP contribution in [-0.4, -0.2) is 59.0 Å². The quantitative estimate of drug-likeness (QED) is 0.476. The predicted octanol–water partition coefficient (Wildman–Crippen LogP) is 4.02. The summed E-state index contributed by atoms with van der Waals surface area (Å²) in [5, 5.41) is 0.291. The molecule has 2 aliphatic heterocycles. The van der Waals surface area contributed by atoms with Crippen LogP contribution in [0.3, 0.4) is 0 Å². The second-order valence-corrected chi connectivity index (χ2v) is 8.22. The van der Waals surface area contributed by atoms with Crippen molar-refractivity contribution in [2.75, 3.05) is 33.3 Å². The van der Waals surface area contributed by atoms with E-state index in [4.69, 9.17) is 21.1 Å². The normalized spacial score (nSPS) is 19.3. The fourth-order valence-electron chi connectivity index (χ4n) is 4.13. The van der Waals surface area contributed by atoms with Crippen LogP contribution in [0.5, 0.6) is 11.5 Å². The Morgan fingerprint density at radius 2 is 2.03 bits per heavy atom. The molecule has 164 valence electrons. The van der Waals surface area contributed by atoms with Gasteiger partial charge in [0.05, 0.1) is 12.7 Å². The van der Waals surface area contributed by atoms with Crippen molar-refractivity contribution in [3.63, 3.8) is 0 Å². The van der Waals surface area contributed by atoms with Gasteiger partial charge in [-0.05, 0) is 63.0 Å². The number of aromatic nitrogens is 2. The van der Waals surface area contributed by atoms with E-state index in [1.54, 1.807) is 30.2 Å². The zero-order valence-electron chi connectivity index (χ0n) is 17.7. The number of fused-ring (bicyclic) bond motifs is 1. The molecule has 1 fully saturated rings. The van der Waals surface area contributed by atoms with Gasteiger partial charge in [-0.3, -0.25) is 9.69 Å². The van der Waals surface area contributed by atoms with Crippen LogP contribution < -0.4 is 9.47 Å². The first-order valence-electron chi connectivity index (χ1n) is 10.7. The molecular formula is C23H27ClN4O3. The molecule has 1 amide bonds. The van der Waals surface area contributed by atoms with E-state index in [9.17, 15) is 4.79 Å². The number of benzene rings is 1. The van der Waals surface area contributed by atoms with E-state index >= 15 is 0 Å². The SMILES string of the molecule is COc1ccc2c(c1)C(=O)N(CCCCN1CCCC(c3ncccn3)C1)C(Cl)=CO2. The monoisotopic (exact) mass is 442 g/mol. The van der Waals surface area contributed by atoms with Gasteiger partial charge in [0.25, 0.3) is 5.91 Å². The zero-order valence-corrected chi connectivity index (χ0v) is 18.4. The molecule has 8 heteroatoms. The average Bonchev–Trinajstić information content (AvgIpc) is 2.93. The number of halogens is 1. The summed E-state index contributed by atoms with van der Waals surface area (Å²) in [6.07, 6.45) is 9.15. The highest BCUT2D eigenvalue weighted by Crippen LogP contribution is 2.31. The number of ether oxygens (including phenoxy) is 2. The molecule has 0 aliphatic carbocycles. The third kappa shape index (κ3) is 5.17. The summed E-state index contributed by atoms with van der Waals surface area (Å²) >= 11 is 6.35. The molecule has 1 atom stereocenters. The minimum absolute atomic E-state index is 0.174. The lowest BCUT2D eigenvalue weighted by Gasteiger charge is -2.32. The third-order valence-electron chi connectivity index (χ3n) is 5.77. The second kappa shape index (κ2) is 10.1. The molecule has 31 heavy (non-hydrogen) atoms. The summed E-state index contributed by atoms with van der Waals surface area (Å²) in [5.74, 6) is 2.24. The molecule has 3 heterocycles. The highest BCUT2D eigenvalue weighted by Gasteiger charge is 2.26. The van der Waals surface area contributed by atoms with Crippen molar-refractivity contribution >= 4 is 17.5 Å². The Labute approximate surface area is 187 Å². The summed E-state index contributed by atoms with van der Waals surface area (Å²) in [5.41, 5.74) is 0.452. The minimum atomic E-state index is -0.174. The molecule has 1 aromatic heterocycles. The third-order valence-corrected chi connectivity index (χ3v) is 6.06. The maximum absolute atomic E-state index is 13.1. The van der Waals surface area contributed by atoms with Crippen LogP contribution in [-0.2, 0) is 0 Å². The molecule has 1 aromatic carbocycles. The number of carbonyl (C=O) groups excluding carboxylic acids is 1. The molecule has 4 rings (SSSR count). The lowest BCUT2D eigenvalue weighted by Crippen LogP contribution is -2.36. The van der Waals surface area contributed by atoms with Crippen molar-refractivity contribution in [2.24, 2.45) is 0 Å². The number of carbonyl (C=O) groups is 1. The second-order valence-electron chi connectivity index (χ2n) is 7.83. The molecular weight excluding hydrogens is 416 g/mol. The smallest absolute Gasteiger partial charge is 0.262 e. The van der Waals surface area contributed by atoms with E-state index in [1.807, 2.05) is 18.5 Å². The molecule has 1 unspecified atom stereocenters. The summed E-state index contributed by atoms with van der Waals surface area (Å²) < 4.78 is 10.8. The number of hydrogen-bond donors (Lipinski definition) is 0. The molecule has 2 aromatic rings. The van der Waals surface area contributed by atoms with E-state index in [0.717, 1.165) is 51.1 Å². The molecule has 0 N–H and O–H groups in total. The van der Waals surface area contributed by atoms with Gasteiger partial charge in [-0.1, -0.05) is 11.6 Å². The van der Waals surface area contributed by atoms with Crippen LogP contribution in [0.25, 0.3) is 0 Å². The van der Waals surface area contributed by atoms with Gasteiger partial charge in [0.2, 0.25) is 0 Å².